The second kappa shape index (κ2) is 9.59. The van der Waals surface area contributed by atoms with Crippen LogP contribution in [-0.2, 0) is 16.1 Å². The lowest BCUT2D eigenvalue weighted by Crippen LogP contribution is -2.41. The molecule has 8 heteroatoms. The van der Waals surface area contributed by atoms with Gasteiger partial charge in [0.25, 0.3) is 5.56 Å². The molecule has 1 amide bonds. The second-order valence-corrected chi connectivity index (χ2v) is 6.68. The van der Waals surface area contributed by atoms with E-state index in [-0.39, 0.29) is 17.9 Å². The van der Waals surface area contributed by atoms with Crippen molar-refractivity contribution in [2.75, 3.05) is 0 Å². The van der Waals surface area contributed by atoms with Crippen molar-refractivity contribution in [3.8, 4) is 0 Å². The number of aryl methyl sites for hydroxylation is 1. The molecule has 8 nitrogen and oxygen atoms in total. The van der Waals surface area contributed by atoms with Crippen LogP contribution in [0.4, 0.5) is 0 Å². The van der Waals surface area contributed by atoms with Gasteiger partial charge in [0.2, 0.25) is 5.91 Å². The van der Waals surface area contributed by atoms with E-state index >= 15 is 0 Å². The minimum Gasteiger partial charge on any atom is -0.548 e. The molecule has 0 saturated heterocycles. The zero-order valence-corrected chi connectivity index (χ0v) is 15.8. The van der Waals surface area contributed by atoms with Gasteiger partial charge in [-0.3, -0.25) is 9.59 Å². The molecule has 0 radical (unpaired) electrons. The summed E-state index contributed by atoms with van der Waals surface area (Å²) in [5.41, 5.74) is 0.842. The van der Waals surface area contributed by atoms with Crippen LogP contribution < -0.4 is 16.0 Å². The first-order chi connectivity index (χ1) is 14.1. The summed E-state index contributed by atoms with van der Waals surface area (Å²) < 4.78 is 1.32. The fourth-order valence-electron chi connectivity index (χ4n) is 3.05. The molecule has 3 rings (SSSR count). The van der Waals surface area contributed by atoms with Gasteiger partial charge in [0.15, 0.2) is 0 Å². The number of carboxylic acid groups (broad SMARTS) is 1. The van der Waals surface area contributed by atoms with Crippen molar-refractivity contribution in [2.45, 2.75) is 38.3 Å². The molecule has 0 unspecified atom stereocenters. The Morgan fingerprint density at radius 2 is 1.72 bits per heavy atom. The summed E-state index contributed by atoms with van der Waals surface area (Å²) in [7, 11) is 0. The van der Waals surface area contributed by atoms with E-state index in [4.69, 9.17) is 0 Å². The number of nitrogens with one attached hydrogen (secondary N) is 1. The number of hydrogen-bond donors (Lipinski definition) is 1. The van der Waals surface area contributed by atoms with Crippen LogP contribution in [0.25, 0.3) is 10.9 Å². The first-order valence-corrected chi connectivity index (χ1v) is 9.44. The van der Waals surface area contributed by atoms with Gasteiger partial charge in [-0.15, -0.1) is 5.10 Å². The van der Waals surface area contributed by atoms with Gasteiger partial charge in [-0.2, -0.15) is 0 Å². The first kappa shape index (κ1) is 20.2. The minimum absolute atomic E-state index is 0.187. The lowest BCUT2D eigenvalue weighted by atomic mass is 10.1. The summed E-state index contributed by atoms with van der Waals surface area (Å²) in [6.45, 7) is 0.407. The third-order valence-corrected chi connectivity index (χ3v) is 4.58. The third kappa shape index (κ3) is 5.25. The zero-order chi connectivity index (χ0) is 20.6. The predicted molar refractivity (Wildman–Crippen MR) is 105 cm³/mol. The molecule has 150 valence electrons. The molecule has 0 saturated carbocycles. The topological polar surface area (TPSA) is 117 Å². The molecule has 2 aromatic carbocycles. The highest BCUT2D eigenvalue weighted by Gasteiger charge is 2.15. The molecule has 0 spiro atoms. The van der Waals surface area contributed by atoms with E-state index in [1.54, 1.807) is 54.6 Å². The van der Waals surface area contributed by atoms with Crippen LogP contribution >= 0.6 is 0 Å². The monoisotopic (exact) mass is 393 g/mol. The highest BCUT2D eigenvalue weighted by Crippen LogP contribution is 2.12. The van der Waals surface area contributed by atoms with Crippen LogP contribution in [-0.4, -0.2) is 26.9 Å². The molecule has 0 bridgehead atoms. The molecule has 0 aliphatic rings. The van der Waals surface area contributed by atoms with Crippen molar-refractivity contribution in [1.29, 1.82) is 0 Å². The number of fused-ring (bicyclic) bond motifs is 1. The number of nitrogens with zero attached hydrogens (tertiary/aromatic N) is 3. The first-order valence-electron chi connectivity index (χ1n) is 9.44. The summed E-state index contributed by atoms with van der Waals surface area (Å²) >= 11 is 0. The van der Waals surface area contributed by atoms with Crippen LogP contribution in [0, 0.1) is 0 Å². The molecule has 0 aliphatic heterocycles. The largest absolute Gasteiger partial charge is 0.548 e. The standard InChI is InChI=1S/C21H22N4O4/c26-18(22-19(21(28)29)15-9-3-1-4-10-15)13-5-2-8-14-25-20(27)16-11-6-7-12-17(16)23-24-25/h1,3-4,6-7,9-12,19H,2,5,8,13-14H2,(H,22,26)(H,28,29)/p-1/t19-/m0/s1. The molecule has 1 atom stereocenters. The van der Waals surface area contributed by atoms with Crippen LogP contribution in [0.3, 0.4) is 0 Å². The van der Waals surface area contributed by atoms with Crippen LogP contribution in [0.2, 0.25) is 0 Å². The Morgan fingerprint density at radius 1 is 1.00 bits per heavy atom. The van der Waals surface area contributed by atoms with Gasteiger partial charge in [-0.1, -0.05) is 54.1 Å². The summed E-state index contributed by atoms with van der Waals surface area (Å²) in [5, 5.41) is 22.3. The van der Waals surface area contributed by atoms with Crippen molar-refractivity contribution in [2.24, 2.45) is 0 Å². The maximum absolute atomic E-state index is 12.4. The van der Waals surface area contributed by atoms with E-state index < -0.39 is 12.0 Å². The summed E-state index contributed by atoms with van der Waals surface area (Å²) in [5.74, 6) is -1.70. The molecule has 3 aromatic rings. The Hall–Kier alpha value is -3.55. The van der Waals surface area contributed by atoms with Crippen molar-refractivity contribution in [1.82, 2.24) is 20.3 Å². The fourth-order valence-corrected chi connectivity index (χ4v) is 3.05. The molecule has 0 aliphatic carbocycles. The van der Waals surface area contributed by atoms with Crippen LogP contribution in [0.1, 0.15) is 37.3 Å². The lowest BCUT2D eigenvalue weighted by Gasteiger charge is -2.20. The van der Waals surface area contributed by atoms with E-state index in [1.807, 2.05) is 0 Å². The van der Waals surface area contributed by atoms with E-state index in [2.05, 4.69) is 15.6 Å². The Balaban J connectivity index is 1.46. The van der Waals surface area contributed by atoms with Gasteiger partial charge >= 0.3 is 0 Å². The summed E-state index contributed by atoms with van der Waals surface area (Å²) in [6.07, 6.45) is 2.10. The normalized spacial score (nSPS) is 11.9. The quantitative estimate of drug-likeness (QED) is 0.541. The second-order valence-electron chi connectivity index (χ2n) is 6.68. The molecule has 0 fully saturated rings. The van der Waals surface area contributed by atoms with E-state index in [1.165, 1.54) is 4.68 Å². The Bertz CT molecular complexity index is 1050. The summed E-state index contributed by atoms with van der Waals surface area (Å²) in [6, 6.07) is 14.3. The average Bonchev–Trinajstić information content (AvgIpc) is 2.74. The van der Waals surface area contributed by atoms with Gasteiger partial charge < -0.3 is 15.2 Å². The Kier molecular flexibility index (Phi) is 6.67. The predicted octanol–water partition coefficient (Wildman–Crippen LogP) is 0.959. The number of benzene rings is 2. The van der Waals surface area contributed by atoms with Gasteiger partial charge in [0, 0.05) is 13.0 Å². The van der Waals surface area contributed by atoms with E-state index in [0.717, 1.165) is 0 Å². The number of carbonyl (C=O) groups is 2. The number of rotatable bonds is 9. The number of carboxylic acids is 1. The van der Waals surface area contributed by atoms with Crippen molar-refractivity contribution in [3.63, 3.8) is 0 Å². The van der Waals surface area contributed by atoms with Crippen molar-refractivity contribution >= 4 is 22.8 Å². The maximum Gasteiger partial charge on any atom is 0.277 e. The molecule has 1 aromatic heterocycles. The highest BCUT2D eigenvalue weighted by atomic mass is 16.4. The molecule has 1 heterocycles. The Labute approximate surface area is 167 Å². The van der Waals surface area contributed by atoms with Crippen molar-refractivity contribution < 1.29 is 14.7 Å². The smallest absolute Gasteiger partial charge is 0.277 e. The van der Waals surface area contributed by atoms with Gasteiger partial charge in [-0.25, -0.2) is 4.68 Å². The molecular weight excluding hydrogens is 372 g/mol. The van der Waals surface area contributed by atoms with Crippen molar-refractivity contribution in [3.05, 3.63) is 70.5 Å². The number of hydrogen-bond acceptors (Lipinski definition) is 6. The number of amides is 1. The number of aliphatic carboxylic acids is 1. The summed E-state index contributed by atoms with van der Waals surface area (Å²) in [4.78, 5) is 35.8. The highest BCUT2D eigenvalue weighted by molar-refractivity contribution is 5.83. The Morgan fingerprint density at radius 3 is 2.48 bits per heavy atom. The zero-order valence-electron chi connectivity index (χ0n) is 15.8. The number of aromatic nitrogens is 3. The molecule has 1 N–H and O–H groups in total. The minimum atomic E-state index is -1.35. The SMILES string of the molecule is O=C(CCCCCn1nnc2ccccc2c1=O)N[C@H](C(=O)[O-])c1ccccc1. The lowest BCUT2D eigenvalue weighted by molar-refractivity contribution is -0.308. The number of carbonyl (C=O) groups excluding carboxylic acids is 2. The van der Waals surface area contributed by atoms with E-state index in [9.17, 15) is 19.5 Å². The fraction of sp³-hybridized carbons (Fsp3) is 0.286. The van der Waals surface area contributed by atoms with Crippen LogP contribution in [0.15, 0.2) is 59.4 Å². The molecular formula is C21H21N4O4-. The van der Waals surface area contributed by atoms with Gasteiger partial charge in [-0.05, 0) is 30.5 Å². The van der Waals surface area contributed by atoms with Crippen LogP contribution in [0.5, 0.6) is 0 Å². The maximum atomic E-state index is 12.4. The number of unbranched alkanes of at least 4 members (excludes halogenated alkanes) is 2. The van der Waals surface area contributed by atoms with Gasteiger partial charge in [0.1, 0.15) is 5.52 Å². The average molecular weight is 393 g/mol. The third-order valence-electron chi connectivity index (χ3n) is 4.58. The van der Waals surface area contributed by atoms with Gasteiger partial charge in [0.05, 0.1) is 17.4 Å². The van der Waals surface area contributed by atoms with E-state index in [0.29, 0.717) is 42.3 Å². The molecule has 29 heavy (non-hydrogen) atoms.